The van der Waals surface area contributed by atoms with Gasteiger partial charge >= 0.3 is 0 Å². The van der Waals surface area contributed by atoms with Crippen molar-refractivity contribution in [3.05, 3.63) is 23.8 Å². The first kappa shape index (κ1) is 15.9. The zero-order chi connectivity index (χ0) is 13.9. The first-order valence-corrected chi connectivity index (χ1v) is 7.52. The number of hydrogen-bond acceptors (Lipinski definition) is 2. The summed E-state index contributed by atoms with van der Waals surface area (Å²) in [5, 5.41) is 0. The normalized spacial score (nSPS) is 10.5. The molecule has 0 N–H and O–H groups in total. The van der Waals surface area contributed by atoms with Crippen LogP contribution in [0.1, 0.15) is 57.4 Å². The molecule has 0 aliphatic rings. The second-order valence-electron chi connectivity index (χ2n) is 5.09. The smallest absolute Gasteiger partial charge is 0.122 e. The fourth-order valence-corrected chi connectivity index (χ4v) is 2.30. The number of aryl methyl sites for hydroxylation is 1. The Morgan fingerprint density at radius 1 is 0.737 bits per heavy atom. The zero-order valence-electron chi connectivity index (χ0n) is 12.7. The summed E-state index contributed by atoms with van der Waals surface area (Å²) in [5.41, 5.74) is 1.31. The van der Waals surface area contributed by atoms with E-state index in [-0.39, 0.29) is 0 Å². The van der Waals surface area contributed by atoms with Crippen molar-refractivity contribution in [2.24, 2.45) is 0 Å². The summed E-state index contributed by atoms with van der Waals surface area (Å²) >= 11 is 0. The van der Waals surface area contributed by atoms with Crippen molar-refractivity contribution in [3.8, 4) is 11.5 Å². The molecule has 0 unspecified atom stereocenters. The fraction of sp³-hybridized carbons (Fsp3) is 0.647. The van der Waals surface area contributed by atoms with Gasteiger partial charge in [0.25, 0.3) is 0 Å². The zero-order valence-corrected chi connectivity index (χ0v) is 12.7. The van der Waals surface area contributed by atoms with E-state index in [9.17, 15) is 0 Å². The highest BCUT2D eigenvalue weighted by molar-refractivity contribution is 5.38. The molecule has 0 atom stereocenters. The van der Waals surface area contributed by atoms with E-state index in [2.05, 4.69) is 19.1 Å². The lowest BCUT2D eigenvalue weighted by molar-refractivity contribution is 0.393. The van der Waals surface area contributed by atoms with E-state index in [1.807, 2.05) is 6.07 Å². The predicted molar refractivity (Wildman–Crippen MR) is 81.2 cm³/mol. The molecule has 108 valence electrons. The van der Waals surface area contributed by atoms with Gasteiger partial charge in [0.15, 0.2) is 0 Å². The summed E-state index contributed by atoms with van der Waals surface area (Å²) in [4.78, 5) is 0. The summed E-state index contributed by atoms with van der Waals surface area (Å²) < 4.78 is 10.6. The van der Waals surface area contributed by atoms with Gasteiger partial charge in [-0.2, -0.15) is 0 Å². The Bertz CT molecular complexity index is 325. The third-order valence-corrected chi connectivity index (χ3v) is 3.48. The van der Waals surface area contributed by atoms with E-state index in [1.165, 1.54) is 50.5 Å². The molecule has 2 heteroatoms. The Morgan fingerprint density at radius 3 is 1.79 bits per heavy atom. The molecular formula is C17H28O2. The molecule has 0 aliphatic heterocycles. The Hall–Kier alpha value is -1.18. The molecule has 1 aromatic carbocycles. The summed E-state index contributed by atoms with van der Waals surface area (Å²) in [6, 6.07) is 6.15. The molecule has 1 rings (SSSR count). The molecule has 0 aromatic heterocycles. The quantitative estimate of drug-likeness (QED) is 0.554. The first-order valence-electron chi connectivity index (χ1n) is 7.52. The van der Waals surface area contributed by atoms with Crippen LogP contribution in [0.4, 0.5) is 0 Å². The lowest BCUT2D eigenvalue weighted by Gasteiger charge is -2.08. The number of ether oxygens (including phenoxy) is 2. The van der Waals surface area contributed by atoms with Gasteiger partial charge in [-0.3, -0.25) is 0 Å². The molecule has 0 saturated heterocycles. The van der Waals surface area contributed by atoms with Gasteiger partial charge in [-0.1, -0.05) is 45.4 Å². The third-order valence-electron chi connectivity index (χ3n) is 3.48. The molecule has 0 bridgehead atoms. The van der Waals surface area contributed by atoms with Crippen LogP contribution in [-0.4, -0.2) is 14.2 Å². The van der Waals surface area contributed by atoms with E-state index >= 15 is 0 Å². The maximum Gasteiger partial charge on any atom is 0.122 e. The molecule has 0 spiro atoms. The van der Waals surface area contributed by atoms with Crippen molar-refractivity contribution in [2.45, 2.75) is 58.3 Å². The number of hydrogen-bond donors (Lipinski definition) is 0. The van der Waals surface area contributed by atoms with E-state index in [4.69, 9.17) is 9.47 Å². The third kappa shape index (κ3) is 6.51. The van der Waals surface area contributed by atoms with Crippen molar-refractivity contribution in [2.75, 3.05) is 14.2 Å². The molecule has 0 fully saturated rings. The fourth-order valence-electron chi connectivity index (χ4n) is 2.30. The Balaban J connectivity index is 2.28. The Labute approximate surface area is 118 Å². The van der Waals surface area contributed by atoms with Gasteiger partial charge in [-0.15, -0.1) is 0 Å². The molecule has 19 heavy (non-hydrogen) atoms. The average Bonchev–Trinajstić information content (AvgIpc) is 2.45. The van der Waals surface area contributed by atoms with E-state index < -0.39 is 0 Å². The van der Waals surface area contributed by atoms with Gasteiger partial charge in [0.05, 0.1) is 14.2 Å². The van der Waals surface area contributed by atoms with Gasteiger partial charge in [0, 0.05) is 6.07 Å². The van der Waals surface area contributed by atoms with Crippen molar-refractivity contribution in [3.63, 3.8) is 0 Å². The van der Waals surface area contributed by atoms with Crippen LogP contribution in [0.5, 0.6) is 11.5 Å². The number of unbranched alkanes of at least 4 members (excludes halogenated alkanes) is 6. The summed E-state index contributed by atoms with van der Waals surface area (Å²) in [7, 11) is 3.40. The average molecular weight is 264 g/mol. The van der Waals surface area contributed by atoms with Crippen LogP contribution in [0.25, 0.3) is 0 Å². The molecular weight excluding hydrogens is 236 g/mol. The van der Waals surface area contributed by atoms with Crippen LogP contribution in [0, 0.1) is 0 Å². The van der Waals surface area contributed by atoms with Crippen molar-refractivity contribution in [1.82, 2.24) is 0 Å². The van der Waals surface area contributed by atoms with Gasteiger partial charge < -0.3 is 9.47 Å². The van der Waals surface area contributed by atoms with Crippen LogP contribution in [0.3, 0.4) is 0 Å². The molecule has 2 nitrogen and oxygen atoms in total. The Kier molecular flexibility index (Phi) is 8.11. The predicted octanol–water partition coefficient (Wildman–Crippen LogP) is 5.00. The SMILES string of the molecule is CCCCCCCCCc1cc(OC)cc(OC)c1. The number of methoxy groups -OCH3 is 2. The maximum absolute atomic E-state index is 5.29. The van der Waals surface area contributed by atoms with Crippen LogP contribution < -0.4 is 9.47 Å². The van der Waals surface area contributed by atoms with Gasteiger partial charge in [-0.05, 0) is 30.5 Å². The van der Waals surface area contributed by atoms with E-state index in [0.717, 1.165) is 17.9 Å². The van der Waals surface area contributed by atoms with E-state index in [0.29, 0.717) is 0 Å². The molecule has 0 heterocycles. The second-order valence-corrected chi connectivity index (χ2v) is 5.09. The molecule has 0 radical (unpaired) electrons. The van der Waals surface area contributed by atoms with Crippen LogP contribution in [-0.2, 0) is 6.42 Å². The van der Waals surface area contributed by atoms with Crippen LogP contribution >= 0.6 is 0 Å². The lowest BCUT2D eigenvalue weighted by Crippen LogP contribution is -1.92. The summed E-state index contributed by atoms with van der Waals surface area (Å²) in [6.07, 6.45) is 10.5. The van der Waals surface area contributed by atoms with Crippen molar-refractivity contribution < 1.29 is 9.47 Å². The van der Waals surface area contributed by atoms with Gasteiger partial charge in [0.1, 0.15) is 11.5 Å². The minimum Gasteiger partial charge on any atom is -0.497 e. The molecule has 0 saturated carbocycles. The minimum absolute atomic E-state index is 0.886. The first-order chi connectivity index (χ1) is 9.30. The molecule has 0 amide bonds. The van der Waals surface area contributed by atoms with Crippen LogP contribution in [0.15, 0.2) is 18.2 Å². The monoisotopic (exact) mass is 264 g/mol. The second kappa shape index (κ2) is 9.71. The lowest BCUT2D eigenvalue weighted by atomic mass is 10.0. The standard InChI is InChI=1S/C17H28O2/c1-4-5-6-7-8-9-10-11-15-12-16(18-2)14-17(13-15)19-3/h12-14H,4-11H2,1-3H3. The maximum atomic E-state index is 5.29. The largest absolute Gasteiger partial charge is 0.497 e. The minimum atomic E-state index is 0.886. The molecule has 0 aliphatic carbocycles. The topological polar surface area (TPSA) is 18.5 Å². The number of benzene rings is 1. The highest BCUT2D eigenvalue weighted by atomic mass is 16.5. The highest BCUT2D eigenvalue weighted by Gasteiger charge is 2.01. The summed E-state index contributed by atoms with van der Waals surface area (Å²) in [6.45, 7) is 2.26. The summed E-state index contributed by atoms with van der Waals surface area (Å²) in [5.74, 6) is 1.77. The Morgan fingerprint density at radius 2 is 1.26 bits per heavy atom. The van der Waals surface area contributed by atoms with Crippen molar-refractivity contribution >= 4 is 0 Å². The van der Waals surface area contributed by atoms with Crippen LogP contribution in [0.2, 0.25) is 0 Å². The van der Waals surface area contributed by atoms with Gasteiger partial charge in [-0.25, -0.2) is 0 Å². The highest BCUT2D eigenvalue weighted by Crippen LogP contribution is 2.23. The molecule has 1 aromatic rings. The van der Waals surface area contributed by atoms with Crippen molar-refractivity contribution in [1.29, 1.82) is 0 Å². The number of rotatable bonds is 10. The van der Waals surface area contributed by atoms with Gasteiger partial charge in [0.2, 0.25) is 0 Å². The van der Waals surface area contributed by atoms with E-state index in [1.54, 1.807) is 14.2 Å².